The largest absolute Gasteiger partial charge is 0.281 e. The van der Waals surface area contributed by atoms with Crippen molar-refractivity contribution in [2.75, 3.05) is 0 Å². The molecule has 3 aromatic rings. The Hall–Kier alpha value is -1.84. The molecule has 0 atom stereocenters. The molecule has 0 fully saturated rings. The summed E-state index contributed by atoms with van der Waals surface area (Å²) in [6, 6.07) is 10.2. The van der Waals surface area contributed by atoms with Gasteiger partial charge in [0.25, 0.3) is 5.56 Å². The Balaban J connectivity index is 2.41. The van der Waals surface area contributed by atoms with E-state index in [1.54, 1.807) is 16.7 Å². The lowest BCUT2D eigenvalue weighted by atomic mass is 10.1. The van der Waals surface area contributed by atoms with Crippen molar-refractivity contribution in [1.29, 1.82) is 0 Å². The molecule has 0 unspecified atom stereocenters. The summed E-state index contributed by atoms with van der Waals surface area (Å²) in [7, 11) is 0. The Morgan fingerprint density at radius 1 is 1.12 bits per heavy atom. The maximum atomic E-state index is 13.8. The SMILES string of the molecule is CCCc1cc2ccc(F)c(Cl)c2c(=O)n1-c1ccc(C)c(Cl)c1. The number of aryl methyl sites for hydroxylation is 2. The van der Waals surface area contributed by atoms with Crippen molar-refractivity contribution < 1.29 is 4.39 Å². The summed E-state index contributed by atoms with van der Waals surface area (Å²) in [5.41, 5.74) is 2.09. The highest BCUT2D eigenvalue weighted by atomic mass is 35.5. The molecule has 2 aromatic carbocycles. The summed E-state index contributed by atoms with van der Waals surface area (Å²) in [4.78, 5) is 13.1. The van der Waals surface area contributed by atoms with Gasteiger partial charge in [0.05, 0.1) is 16.1 Å². The van der Waals surface area contributed by atoms with Crippen LogP contribution in [0, 0.1) is 12.7 Å². The lowest BCUT2D eigenvalue weighted by Crippen LogP contribution is -2.22. The number of halogens is 3. The average molecular weight is 364 g/mol. The van der Waals surface area contributed by atoms with Crippen molar-refractivity contribution in [2.45, 2.75) is 26.7 Å². The Morgan fingerprint density at radius 3 is 2.54 bits per heavy atom. The van der Waals surface area contributed by atoms with Gasteiger partial charge in [0.15, 0.2) is 0 Å². The third-order valence-electron chi connectivity index (χ3n) is 4.07. The normalized spacial score (nSPS) is 11.2. The smallest absolute Gasteiger partial charge is 0.264 e. The fraction of sp³-hybridized carbons (Fsp3) is 0.211. The molecular formula is C19H16Cl2FNO. The minimum atomic E-state index is -0.599. The summed E-state index contributed by atoms with van der Waals surface area (Å²) in [6.07, 6.45) is 1.59. The second-order valence-electron chi connectivity index (χ2n) is 5.79. The third kappa shape index (κ3) is 2.83. The molecule has 0 aliphatic carbocycles. The topological polar surface area (TPSA) is 22.0 Å². The van der Waals surface area contributed by atoms with Crippen molar-refractivity contribution in [2.24, 2.45) is 0 Å². The Kier molecular flexibility index (Phi) is 4.66. The standard InChI is InChI=1S/C19H16Cl2FNO/c1-3-4-13-9-12-6-8-16(22)18(21)17(12)19(24)23(13)14-7-5-11(2)15(20)10-14/h5-10H,3-4H2,1-2H3. The second kappa shape index (κ2) is 6.58. The van der Waals surface area contributed by atoms with E-state index in [1.807, 2.05) is 32.0 Å². The molecule has 3 rings (SSSR count). The van der Waals surface area contributed by atoms with Gasteiger partial charge in [0.1, 0.15) is 5.82 Å². The first-order chi connectivity index (χ1) is 11.4. The summed E-state index contributed by atoms with van der Waals surface area (Å²) in [5.74, 6) is -0.599. The molecule has 124 valence electrons. The zero-order valence-corrected chi connectivity index (χ0v) is 14.9. The van der Waals surface area contributed by atoms with Crippen LogP contribution < -0.4 is 5.56 Å². The van der Waals surface area contributed by atoms with E-state index in [4.69, 9.17) is 23.2 Å². The molecule has 0 radical (unpaired) electrons. The predicted molar refractivity (Wildman–Crippen MR) is 98.3 cm³/mol. The first-order valence-corrected chi connectivity index (χ1v) is 8.48. The molecule has 0 saturated heterocycles. The number of hydrogen-bond acceptors (Lipinski definition) is 1. The highest BCUT2D eigenvalue weighted by molar-refractivity contribution is 6.35. The monoisotopic (exact) mass is 363 g/mol. The van der Waals surface area contributed by atoms with Gasteiger partial charge in [-0.1, -0.05) is 48.7 Å². The summed E-state index contributed by atoms with van der Waals surface area (Å²) in [6.45, 7) is 3.94. The molecule has 0 amide bonds. The van der Waals surface area contributed by atoms with Gasteiger partial charge < -0.3 is 0 Å². The maximum Gasteiger partial charge on any atom is 0.264 e. The summed E-state index contributed by atoms with van der Waals surface area (Å²) < 4.78 is 15.4. The number of nitrogens with zero attached hydrogens (tertiary/aromatic N) is 1. The Bertz CT molecular complexity index is 995. The predicted octanol–water partition coefficient (Wildman–Crippen LogP) is 5.70. The number of aromatic nitrogens is 1. The quantitative estimate of drug-likeness (QED) is 0.585. The van der Waals surface area contributed by atoms with E-state index in [0.717, 1.165) is 17.7 Å². The van der Waals surface area contributed by atoms with Gasteiger partial charge in [0, 0.05) is 10.7 Å². The van der Waals surface area contributed by atoms with E-state index in [0.29, 0.717) is 22.5 Å². The van der Waals surface area contributed by atoms with E-state index in [-0.39, 0.29) is 16.0 Å². The first kappa shape index (κ1) is 17.0. The molecule has 0 spiro atoms. The first-order valence-electron chi connectivity index (χ1n) is 7.73. The zero-order chi connectivity index (χ0) is 17.4. The van der Waals surface area contributed by atoms with E-state index in [9.17, 15) is 9.18 Å². The van der Waals surface area contributed by atoms with Crippen molar-refractivity contribution >= 4 is 34.0 Å². The molecule has 0 aliphatic rings. The van der Waals surface area contributed by atoms with Crippen LogP contribution in [0.1, 0.15) is 24.6 Å². The minimum Gasteiger partial charge on any atom is -0.281 e. The zero-order valence-electron chi connectivity index (χ0n) is 13.4. The molecule has 5 heteroatoms. The van der Waals surface area contributed by atoms with Gasteiger partial charge in [-0.25, -0.2) is 4.39 Å². The molecule has 24 heavy (non-hydrogen) atoms. The molecule has 0 bridgehead atoms. The summed E-state index contributed by atoms with van der Waals surface area (Å²) in [5, 5.41) is 1.26. The lowest BCUT2D eigenvalue weighted by Gasteiger charge is -2.16. The highest BCUT2D eigenvalue weighted by Crippen LogP contribution is 2.27. The minimum absolute atomic E-state index is 0.146. The fourth-order valence-electron chi connectivity index (χ4n) is 2.83. The van der Waals surface area contributed by atoms with E-state index < -0.39 is 5.82 Å². The van der Waals surface area contributed by atoms with E-state index in [2.05, 4.69) is 0 Å². The van der Waals surface area contributed by atoms with Crippen molar-refractivity contribution in [3.63, 3.8) is 0 Å². The van der Waals surface area contributed by atoms with Crippen LogP contribution in [0.5, 0.6) is 0 Å². The van der Waals surface area contributed by atoms with Crippen LogP contribution in [0.25, 0.3) is 16.5 Å². The lowest BCUT2D eigenvalue weighted by molar-refractivity contribution is 0.630. The number of hydrogen-bond donors (Lipinski definition) is 0. The number of fused-ring (bicyclic) bond motifs is 1. The van der Waals surface area contributed by atoms with Crippen LogP contribution in [-0.2, 0) is 6.42 Å². The van der Waals surface area contributed by atoms with Gasteiger partial charge in [-0.3, -0.25) is 9.36 Å². The molecule has 2 nitrogen and oxygen atoms in total. The maximum absolute atomic E-state index is 13.8. The Morgan fingerprint density at radius 2 is 1.88 bits per heavy atom. The summed E-state index contributed by atoms with van der Waals surface area (Å²) >= 11 is 12.3. The van der Waals surface area contributed by atoms with Crippen molar-refractivity contribution in [3.05, 3.63) is 73.9 Å². The molecule has 1 aromatic heterocycles. The Labute approximate surface area is 149 Å². The molecule has 1 heterocycles. The third-order valence-corrected chi connectivity index (χ3v) is 4.85. The van der Waals surface area contributed by atoms with Gasteiger partial charge in [-0.05, 0) is 48.6 Å². The van der Waals surface area contributed by atoms with Crippen molar-refractivity contribution in [3.8, 4) is 5.69 Å². The van der Waals surface area contributed by atoms with Gasteiger partial charge in [-0.2, -0.15) is 0 Å². The number of pyridine rings is 1. The van der Waals surface area contributed by atoms with Crippen LogP contribution in [0.15, 0.2) is 41.2 Å². The second-order valence-corrected chi connectivity index (χ2v) is 6.57. The van der Waals surface area contributed by atoms with Gasteiger partial charge in [0.2, 0.25) is 0 Å². The van der Waals surface area contributed by atoms with Crippen LogP contribution in [0.3, 0.4) is 0 Å². The van der Waals surface area contributed by atoms with E-state index >= 15 is 0 Å². The van der Waals surface area contributed by atoms with Crippen LogP contribution >= 0.6 is 23.2 Å². The average Bonchev–Trinajstić information content (AvgIpc) is 2.54. The van der Waals surface area contributed by atoms with Crippen molar-refractivity contribution in [1.82, 2.24) is 4.57 Å². The number of benzene rings is 2. The molecule has 0 saturated carbocycles. The van der Waals surface area contributed by atoms with Crippen LogP contribution in [0.2, 0.25) is 10.0 Å². The number of rotatable bonds is 3. The highest BCUT2D eigenvalue weighted by Gasteiger charge is 2.16. The van der Waals surface area contributed by atoms with Crippen LogP contribution in [-0.4, -0.2) is 4.57 Å². The fourth-order valence-corrected chi connectivity index (χ4v) is 3.26. The molecule has 0 aliphatic heterocycles. The molecular weight excluding hydrogens is 348 g/mol. The molecule has 0 N–H and O–H groups in total. The van der Waals surface area contributed by atoms with E-state index in [1.165, 1.54) is 6.07 Å². The van der Waals surface area contributed by atoms with Gasteiger partial charge >= 0.3 is 0 Å². The van der Waals surface area contributed by atoms with Crippen LogP contribution in [0.4, 0.5) is 4.39 Å². The van der Waals surface area contributed by atoms with Gasteiger partial charge in [-0.15, -0.1) is 0 Å².